The summed E-state index contributed by atoms with van der Waals surface area (Å²) in [6.07, 6.45) is 27.0. The van der Waals surface area contributed by atoms with Crippen molar-refractivity contribution < 1.29 is 4.80 Å². The van der Waals surface area contributed by atoms with Crippen molar-refractivity contribution in [1.29, 1.82) is 0 Å². The molecule has 0 aliphatic heterocycles. The summed E-state index contributed by atoms with van der Waals surface area (Å²) in [5.74, 6) is 0. The summed E-state index contributed by atoms with van der Waals surface area (Å²) >= 11 is 0. The number of rotatable bonds is 22. The molecule has 0 atom stereocenters. The highest BCUT2D eigenvalue weighted by atomic mass is 28.4. The lowest BCUT2D eigenvalue weighted by Crippen LogP contribution is -2.65. The second-order valence-electron chi connectivity index (χ2n) is 11.8. The van der Waals surface area contributed by atoms with E-state index in [0.717, 1.165) is 42.7 Å². The topological polar surface area (TPSA) is 32.3 Å². The standard InChI is InChI=1S/C36H57NOSi/c1-4-5-6-7-8-9-10-11-12-13-14-15-16-17-18-25-32-37-33-26-31-36(2,3)39(38,34-27-21-19-22-28-34)35-29-23-20-24-30-35/h8-9,11-12,19-24,27-30,37-38H,4-7,10,13-18,25-26,31-33H2,1-3H3/b9-8-,12-11-. The van der Waals surface area contributed by atoms with Crippen LogP contribution in [0, 0.1) is 0 Å². The summed E-state index contributed by atoms with van der Waals surface area (Å²) in [5.41, 5.74) is 0. The minimum atomic E-state index is -2.88. The predicted octanol–water partition coefficient (Wildman–Crippen LogP) is 8.70. The molecule has 0 heterocycles. The minimum absolute atomic E-state index is 0.155. The van der Waals surface area contributed by atoms with Gasteiger partial charge in [-0.25, -0.2) is 0 Å². The minimum Gasteiger partial charge on any atom is -0.424 e. The van der Waals surface area contributed by atoms with Crippen LogP contribution in [0.3, 0.4) is 0 Å². The molecule has 3 heteroatoms. The molecule has 39 heavy (non-hydrogen) atoms. The monoisotopic (exact) mass is 547 g/mol. The van der Waals surface area contributed by atoms with Gasteiger partial charge in [-0.2, -0.15) is 0 Å². The summed E-state index contributed by atoms with van der Waals surface area (Å²) in [6.45, 7) is 8.92. The van der Waals surface area contributed by atoms with Gasteiger partial charge in [0.05, 0.1) is 0 Å². The van der Waals surface area contributed by atoms with Gasteiger partial charge in [-0.1, -0.05) is 144 Å². The van der Waals surface area contributed by atoms with Crippen LogP contribution in [0.1, 0.15) is 111 Å². The van der Waals surface area contributed by atoms with Gasteiger partial charge in [0.2, 0.25) is 0 Å². The van der Waals surface area contributed by atoms with Gasteiger partial charge in [0, 0.05) is 0 Å². The predicted molar refractivity (Wildman–Crippen MR) is 176 cm³/mol. The van der Waals surface area contributed by atoms with Crippen LogP contribution in [0.5, 0.6) is 0 Å². The highest BCUT2D eigenvalue weighted by Crippen LogP contribution is 2.39. The summed E-state index contributed by atoms with van der Waals surface area (Å²) in [6, 6.07) is 20.8. The fraction of sp³-hybridized carbons (Fsp3) is 0.556. The maximum absolute atomic E-state index is 12.3. The van der Waals surface area contributed by atoms with Crippen molar-refractivity contribution >= 4 is 18.7 Å². The van der Waals surface area contributed by atoms with Crippen molar-refractivity contribution in [2.75, 3.05) is 13.1 Å². The third kappa shape index (κ3) is 12.4. The lowest BCUT2D eigenvalue weighted by atomic mass is 10.1. The molecule has 2 aromatic rings. The van der Waals surface area contributed by atoms with Crippen LogP contribution in [-0.4, -0.2) is 26.2 Å². The molecule has 0 aromatic heterocycles. The normalized spacial score (nSPS) is 12.6. The van der Waals surface area contributed by atoms with Crippen molar-refractivity contribution in [3.8, 4) is 0 Å². The van der Waals surface area contributed by atoms with Crippen molar-refractivity contribution in [2.45, 2.75) is 116 Å². The SMILES string of the molecule is CCCCC/C=C\C/C=C\CCCCCCCCNCCCC(C)(C)[Si](O)(c1ccccc1)c1ccccc1. The van der Waals surface area contributed by atoms with E-state index >= 15 is 0 Å². The average molecular weight is 548 g/mol. The summed E-state index contributed by atoms with van der Waals surface area (Å²) in [4.78, 5) is 12.3. The molecule has 0 saturated carbocycles. The van der Waals surface area contributed by atoms with Crippen molar-refractivity contribution in [3.63, 3.8) is 0 Å². The van der Waals surface area contributed by atoms with Crippen LogP contribution in [0.4, 0.5) is 0 Å². The molecular weight excluding hydrogens is 490 g/mol. The summed E-state index contributed by atoms with van der Waals surface area (Å²) in [7, 11) is -2.88. The Bertz CT molecular complexity index is 867. The number of allylic oxidation sites excluding steroid dienone is 4. The molecule has 2 N–H and O–H groups in total. The quantitative estimate of drug-likeness (QED) is 0.0877. The fourth-order valence-corrected chi connectivity index (χ4v) is 9.29. The first kappa shape index (κ1) is 33.3. The Morgan fingerprint density at radius 3 is 1.69 bits per heavy atom. The zero-order chi connectivity index (χ0) is 28.1. The number of hydrogen-bond donors (Lipinski definition) is 2. The van der Waals surface area contributed by atoms with Crippen LogP contribution >= 0.6 is 0 Å². The van der Waals surface area contributed by atoms with E-state index in [1.165, 1.54) is 70.6 Å². The highest BCUT2D eigenvalue weighted by molar-refractivity contribution is 6.98. The highest BCUT2D eigenvalue weighted by Gasteiger charge is 2.49. The summed E-state index contributed by atoms with van der Waals surface area (Å²) < 4.78 is 0. The number of benzene rings is 2. The molecular formula is C36H57NOSi. The number of hydrogen-bond acceptors (Lipinski definition) is 2. The average Bonchev–Trinajstić information content (AvgIpc) is 2.96. The Morgan fingerprint density at radius 1 is 0.641 bits per heavy atom. The lowest BCUT2D eigenvalue weighted by Gasteiger charge is -2.41. The molecule has 2 aromatic carbocycles. The van der Waals surface area contributed by atoms with E-state index in [1.54, 1.807) is 0 Å². The maximum atomic E-state index is 12.3. The third-order valence-electron chi connectivity index (χ3n) is 8.07. The second-order valence-corrected chi connectivity index (χ2v) is 15.7. The second kappa shape index (κ2) is 20.0. The molecule has 0 amide bonds. The maximum Gasteiger partial charge on any atom is 0.258 e. The third-order valence-corrected chi connectivity index (χ3v) is 12.6. The fourth-order valence-electron chi connectivity index (χ4n) is 5.51. The molecule has 0 aliphatic carbocycles. The van der Waals surface area contributed by atoms with Crippen molar-refractivity contribution in [1.82, 2.24) is 5.32 Å². The lowest BCUT2D eigenvalue weighted by molar-refractivity contribution is 0.449. The van der Waals surface area contributed by atoms with E-state index in [9.17, 15) is 4.80 Å². The van der Waals surface area contributed by atoms with Crippen LogP contribution in [-0.2, 0) is 0 Å². The Kier molecular flexibility index (Phi) is 17.1. The van der Waals surface area contributed by atoms with E-state index in [2.05, 4.69) is 98.9 Å². The van der Waals surface area contributed by atoms with Gasteiger partial charge < -0.3 is 10.1 Å². The Labute approximate surface area is 242 Å². The van der Waals surface area contributed by atoms with Gasteiger partial charge in [-0.3, -0.25) is 0 Å². The zero-order valence-electron chi connectivity index (χ0n) is 25.3. The molecule has 0 unspecified atom stereocenters. The summed E-state index contributed by atoms with van der Waals surface area (Å²) in [5, 5.41) is 5.72. The molecule has 216 valence electrons. The molecule has 0 bridgehead atoms. The molecule has 0 aliphatic rings. The zero-order valence-corrected chi connectivity index (χ0v) is 26.3. The van der Waals surface area contributed by atoms with Crippen LogP contribution < -0.4 is 15.7 Å². The molecule has 0 radical (unpaired) electrons. The number of unbranched alkanes of at least 4 members (excludes halogenated alkanes) is 9. The molecule has 2 nitrogen and oxygen atoms in total. The Morgan fingerprint density at radius 2 is 1.13 bits per heavy atom. The van der Waals surface area contributed by atoms with E-state index in [0.29, 0.717) is 0 Å². The largest absolute Gasteiger partial charge is 0.424 e. The van der Waals surface area contributed by atoms with Gasteiger partial charge >= 0.3 is 0 Å². The van der Waals surface area contributed by atoms with Gasteiger partial charge in [0.15, 0.2) is 0 Å². The van der Waals surface area contributed by atoms with Gasteiger partial charge in [-0.05, 0) is 79.9 Å². The molecule has 2 rings (SSSR count). The smallest absolute Gasteiger partial charge is 0.258 e. The van der Waals surface area contributed by atoms with Gasteiger partial charge in [-0.15, -0.1) is 0 Å². The van der Waals surface area contributed by atoms with Crippen molar-refractivity contribution in [3.05, 3.63) is 85.0 Å². The van der Waals surface area contributed by atoms with E-state index < -0.39 is 8.32 Å². The molecule has 0 fully saturated rings. The number of nitrogens with one attached hydrogen (secondary N) is 1. The van der Waals surface area contributed by atoms with Gasteiger partial charge in [0.1, 0.15) is 0 Å². The van der Waals surface area contributed by atoms with E-state index in [4.69, 9.17) is 0 Å². The molecule has 0 saturated heterocycles. The van der Waals surface area contributed by atoms with Crippen LogP contribution in [0.2, 0.25) is 5.04 Å². The van der Waals surface area contributed by atoms with Gasteiger partial charge in [0.25, 0.3) is 8.32 Å². The van der Waals surface area contributed by atoms with Crippen LogP contribution in [0.25, 0.3) is 0 Å². The first-order chi connectivity index (χ1) is 19.0. The van der Waals surface area contributed by atoms with Crippen LogP contribution in [0.15, 0.2) is 85.0 Å². The Balaban J connectivity index is 1.54. The van der Waals surface area contributed by atoms with E-state index in [1.807, 2.05) is 12.1 Å². The molecule has 0 spiro atoms. The van der Waals surface area contributed by atoms with Crippen molar-refractivity contribution in [2.24, 2.45) is 0 Å². The first-order valence-corrected chi connectivity index (χ1v) is 17.8. The Hall–Kier alpha value is -1.94. The first-order valence-electron chi connectivity index (χ1n) is 15.9. The van der Waals surface area contributed by atoms with E-state index in [-0.39, 0.29) is 5.04 Å².